The summed E-state index contributed by atoms with van der Waals surface area (Å²) >= 11 is 1.70. The maximum absolute atomic E-state index is 13.2. The Labute approximate surface area is 151 Å². The van der Waals surface area contributed by atoms with Gasteiger partial charge in [0.2, 0.25) is 0 Å². The van der Waals surface area contributed by atoms with E-state index in [2.05, 4.69) is 22.1 Å². The van der Waals surface area contributed by atoms with Gasteiger partial charge in [-0.15, -0.1) is 0 Å². The van der Waals surface area contributed by atoms with Gasteiger partial charge in [-0.2, -0.15) is 11.3 Å². The fourth-order valence-corrected chi connectivity index (χ4v) is 4.52. The summed E-state index contributed by atoms with van der Waals surface area (Å²) < 4.78 is 26.5. The first-order valence-electron chi connectivity index (χ1n) is 8.98. The van der Waals surface area contributed by atoms with Crippen LogP contribution >= 0.6 is 11.3 Å². The molecule has 1 aromatic heterocycles. The van der Waals surface area contributed by atoms with Gasteiger partial charge in [0.25, 0.3) is 0 Å². The van der Waals surface area contributed by atoms with Crippen molar-refractivity contribution in [2.24, 2.45) is 0 Å². The summed E-state index contributed by atoms with van der Waals surface area (Å²) in [5.74, 6) is -1.14. The van der Waals surface area contributed by atoms with Crippen molar-refractivity contribution >= 4 is 11.3 Å². The first kappa shape index (κ1) is 18.5. The molecule has 2 nitrogen and oxygen atoms in total. The van der Waals surface area contributed by atoms with Crippen molar-refractivity contribution in [3.8, 4) is 0 Å². The standard InChI is InChI=1S/C20H25F2NOS/c21-17-10-15(11-18(22)12-17)4-5-19(24)13-23-20(7-2-1-3-8-20)16-6-9-25-14-16/h6,9-12,14,19,23-24H,1-5,7-8,13H2/t19-/m0/s1. The number of thiophene rings is 1. The molecule has 1 heterocycles. The number of rotatable bonds is 7. The molecular weight excluding hydrogens is 340 g/mol. The van der Waals surface area contributed by atoms with Gasteiger partial charge in [0, 0.05) is 18.2 Å². The maximum Gasteiger partial charge on any atom is 0.126 e. The molecule has 1 atom stereocenters. The number of aliphatic hydroxyl groups is 1. The molecule has 3 rings (SSSR count). The highest BCUT2D eigenvalue weighted by Crippen LogP contribution is 2.38. The Morgan fingerprint density at radius 1 is 1.12 bits per heavy atom. The van der Waals surface area contributed by atoms with Gasteiger partial charge in [-0.3, -0.25) is 0 Å². The van der Waals surface area contributed by atoms with Gasteiger partial charge in [0.15, 0.2) is 0 Å². The molecule has 1 fully saturated rings. The SMILES string of the molecule is O[C@@H](CCc1cc(F)cc(F)c1)CNC1(c2ccsc2)CCCCC1. The van der Waals surface area contributed by atoms with E-state index < -0.39 is 17.7 Å². The molecule has 5 heteroatoms. The van der Waals surface area contributed by atoms with Gasteiger partial charge in [-0.25, -0.2) is 8.78 Å². The zero-order valence-electron chi connectivity index (χ0n) is 14.3. The van der Waals surface area contributed by atoms with Crippen LogP contribution in [-0.2, 0) is 12.0 Å². The van der Waals surface area contributed by atoms with Crippen LogP contribution in [0.4, 0.5) is 8.78 Å². The Kier molecular flexibility index (Phi) is 6.20. The molecule has 25 heavy (non-hydrogen) atoms. The average Bonchev–Trinajstić information content (AvgIpc) is 3.13. The van der Waals surface area contributed by atoms with E-state index in [4.69, 9.17) is 0 Å². The number of nitrogens with one attached hydrogen (secondary N) is 1. The summed E-state index contributed by atoms with van der Waals surface area (Å²) in [5.41, 5.74) is 1.86. The minimum Gasteiger partial charge on any atom is -0.392 e. The summed E-state index contributed by atoms with van der Waals surface area (Å²) in [6, 6.07) is 5.70. The predicted molar refractivity (Wildman–Crippen MR) is 97.8 cm³/mol. The number of hydrogen-bond acceptors (Lipinski definition) is 3. The first-order chi connectivity index (χ1) is 12.1. The Morgan fingerprint density at radius 3 is 2.48 bits per heavy atom. The highest BCUT2D eigenvalue weighted by atomic mass is 32.1. The van der Waals surface area contributed by atoms with E-state index in [0.29, 0.717) is 24.9 Å². The van der Waals surface area contributed by atoms with Crippen LogP contribution in [0, 0.1) is 11.6 Å². The average molecular weight is 365 g/mol. The molecule has 0 aliphatic heterocycles. The third kappa shape index (κ3) is 4.87. The second kappa shape index (κ2) is 8.39. The van der Waals surface area contributed by atoms with Gasteiger partial charge in [0.1, 0.15) is 11.6 Å². The molecule has 2 N–H and O–H groups in total. The smallest absolute Gasteiger partial charge is 0.126 e. The molecule has 2 aromatic rings. The van der Waals surface area contributed by atoms with Crippen molar-refractivity contribution < 1.29 is 13.9 Å². The molecule has 0 radical (unpaired) electrons. The van der Waals surface area contributed by atoms with E-state index in [-0.39, 0.29) is 5.54 Å². The summed E-state index contributed by atoms with van der Waals surface area (Å²) in [5, 5.41) is 18.2. The molecule has 0 bridgehead atoms. The van der Waals surface area contributed by atoms with Crippen molar-refractivity contribution in [1.82, 2.24) is 5.32 Å². The molecule has 0 unspecified atom stereocenters. The molecule has 0 saturated heterocycles. The largest absolute Gasteiger partial charge is 0.392 e. The van der Waals surface area contributed by atoms with E-state index >= 15 is 0 Å². The highest BCUT2D eigenvalue weighted by molar-refractivity contribution is 7.08. The molecule has 0 spiro atoms. The van der Waals surface area contributed by atoms with Crippen LogP contribution < -0.4 is 5.32 Å². The van der Waals surface area contributed by atoms with Crippen LogP contribution in [0.3, 0.4) is 0 Å². The van der Waals surface area contributed by atoms with Gasteiger partial charge < -0.3 is 10.4 Å². The zero-order chi connectivity index (χ0) is 17.7. The van der Waals surface area contributed by atoms with E-state index in [9.17, 15) is 13.9 Å². The Morgan fingerprint density at radius 2 is 1.84 bits per heavy atom. The fraction of sp³-hybridized carbons (Fsp3) is 0.500. The van der Waals surface area contributed by atoms with Gasteiger partial charge >= 0.3 is 0 Å². The summed E-state index contributed by atoms with van der Waals surface area (Å²) in [6.07, 6.45) is 6.24. The lowest BCUT2D eigenvalue weighted by atomic mass is 9.77. The number of hydrogen-bond donors (Lipinski definition) is 2. The fourth-order valence-electron chi connectivity index (χ4n) is 3.76. The van der Waals surface area contributed by atoms with E-state index in [1.54, 1.807) is 11.3 Å². The third-order valence-corrected chi connectivity index (χ3v) is 5.83. The first-order valence-corrected chi connectivity index (χ1v) is 9.92. The number of aryl methyl sites for hydroxylation is 1. The Bertz CT molecular complexity index is 648. The van der Waals surface area contributed by atoms with Gasteiger partial charge in [-0.05, 0) is 65.8 Å². The summed E-state index contributed by atoms with van der Waals surface area (Å²) in [7, 11) is 0. The van der Waals surface area contributed by atoms with Gasteiger partial charge in [-0.1, -0.05) is 19.3 Å². The zero-order valence-corrected chi connectivity index (χ0v) is 15.1. The van der Waals surface area contributed by atoms with Crippen LogP contribution in [0.5, 0.6) is 0 Å². The lowest BCUT2D eigenvalue weighted by Crippen LogP contribution is -2.46. The van der Waals surface area contributed by atoms with Crippen molar-refractivity contribution in [1.29, 1.82) is 0 Å². The Hall–Kier alpha value is -1.30. The predicted octanol–water partition coefficient (Wildman–Crippen LogP) is 4.77. The van der Waals surface area contributed by atoms with E-state index in [0.717, 1.165) is 18.9 Å². The molecular formula is C20H25F2NOS. The second-order valence-electron chi connectivity index (χ2n) is 7.01. The maximum atomic E-state index is 13.2. The van der Waals surface area contributed by atoms with Crippen LogP contribution in [0.2, 0.25) is 0 Å². The molecule has 136 valence electrons. The van der Waals surface area contributed by atoms with Crippen molar-refractivity contribution in [2.45, 2.75) is 56.6 Å². The number of benzene rings is 1. The molecule has 1 aromatic carbocycles. The number of aliphatic hydroxyl groups excluding tert-OH is 1. The van der Waals surface area contributed by atoms with Gasteiger partial charge in [0.05, 0.1) is 6.10 Å². The molecule has 1 saturated carbocycles. The topological polar surface area (TPSA) is 32.3 Å². The second-order valence-corrected chi connectivity index (χ2v) is 7.79. The minimum absolute atomic E-state index is 0.0375. The lowest BCUT2D eigenvalue weighted by Gasteiger charge is -2.39. The third-order valence-electron chi connectivity index (χ3n) is 5.15. The van der Waals surface area contributed by atoms with E-state index in [1.807, 2.05) is 0 Å². The highest BCUT2D eigenvalue weighted by Gasteiger charge is 2.34. The summed E-state index contributed by atoms with van der Waals surface area (Å²) in [4.78, 5) is 0. The van der Waals surface area contributed by atoms with Crippen LogP contribution in [0.15, 0.2) is 35.0 Å². The monoisotopic (exact) mass is 365 g/mol. The lowest BCUT2D eigenvalue weighted by molar-refractivity contribution is 0.132. The van der Waals surface area contributed by atoms with Crippen LogP contribution in [-0.4, -0.2) is 17.8 Å². The quantitative estimate of drug-likeness (QED) is 0.741. The van der Waals surface area contributed by atoms with Crippen LogP contribution in [0.1, 0.15) is 49.7 Å². The summed E-state index contributed by atoms with van der Waals surface area (Å²) in [6.45, 7) is 0.494. The van der Waals surface area contributed by atoms with Crippen molar-refractivity contribution in [3.63, 3.8) is 0 Å². The normalized spacial score (nSPS) is 18.2. The minimum atomic E-state index is -0.568. The van der Waals surface area contributed by atoms with E-state index in [1.165, 1.54) is 37.0 Å². The van der Waals surface area contributed by atoms with Crippen LogP contribution in [0.25, 0.3) is 0 Å². The molecule has 1 aliphatic carbocycles. The van der Waals surface area contributed by atoms with Crippen molar-refractivity contribution in [2.75, 3.05) is 6.54 Å². The number of halogens is 2. The molecule has 0 amide bonds. The van der Waals surface area contributed by atoms with Crippen molar-refractivity contribution in [3.05, 3.63) is 57.8 Å². The molecule has 1 aliphatic rings. The Balaban J connectivity index is 1.55.